The van der Waals surface area contributed by atoms with Crippen LogP contribution in [0.1, 0.15) is 31.9 Å². The molecule has 0 radical (unpaired) electrons. The number of hydrogen-bond donors (Lipinski definition) is 0. The lowest BCUT2D eigenvalue weighted by Gasteiger charge is -2.17. The van der Waals surface area contributed by atoms with Crippen molar-refractivity contribution in [2.24, 2.45) is 7.05 Å². The molecule has 5 aromatic rings. The minimum atomic E-state index is 0.112. The first kappa shape index (κ1) is 17.9. The average molecular weight is 381 g/mol. The van der Waals surface area contributed by atoms with E-state index in [1.54, 1.807) is 0 Å². The fraction of sp³-hybridized carbons (Fsp3) is 0.231. The van der Waals surface area contributed by atoms with Crippen LogP contribution >= 0.6 is 0 Å². The van der Waals surface area contributed by atoms with Crippen molar-refractivity contribution in [3.63, 3.8) is 0 Å². The SMILES string of the molecule is Cc1ccc2c(oc3nc4ccccc4cc32)c1-c1ccc(C(C)(C)C)c[n+]1C. The topological polar surface area (TPSA) is 29.9 Å². The van der Waals surface area contributed by atoms with Crippen LogP contribution in [0.15, 0.2) is 65.2 Å². The Morgan fingerprint density at radius 3 is 2.48 bits per heavy atom. The van der Waals surface area contributed by atoms with Gasteiger partial charge < -0.3 is 4.42 Å². The first-order valence-corrected chi connectivity index (χ1v) is 10.0. The van der Waals surface area contributed by atoms with Crippen LogP contribution in [0.4, 0.5) is 0 Å². The molecule has 0 amide bonds. The maximum Gasteiger partial charge on any atom is 0.227 e. The highest BCUT2D eigenvalue weighted by atomic mass is 16.3. The zero-order valence-corrected chi connectivity index (χ0v) is 17.6. The van der Waals surface area contributed by atoms with Crippen molar-refractivity contribution < 1.29 is 8.98 Å². The molecule has 0 bridgehead atoms. The van der Waals surface area contributed by atoms with Gasteiger partial charge in [-0.25, -0.2) is 9.55 Å². The van der Waals surface area contributed by atoms with Crippen LogP contribution < -0.4 is 4.57 Å². The quantitative estimate of drug-likeness (QED) is 0.322. The molecule has 0 fully saturated rings. The van der Waals surface area contributed by atoms with Gasteiger partial charge in [0.05, 0.1) is 11.1 Å². The third kappa shape index (κ3) is 2.80. The molecule has 0 N–H and O–H groups in total. The molecule has 29 heavy (non-hydrogen) atoms. The highest BCUT2D eigenvalue weighted by molar-refractivity contribution is 6.11. The zero-order valence-electron chi connectivity index (χ0n) is 17.6. The molecule has 3 heterocycles. The molecule has 0 atom stereocenters. The number of benzene rings is 2. The summed E-state index contributed by atoms with van der Waals surface area (Å²) < 4.78 is 8.56. The summed E-state index contributed by atoms with van der Waals surface area (Å²) in [5, 5.41) is 3.30. The van der Waals surface area contributed by atoms with Crippen LogP contribution in [-0.2, 0) is 12.5 Å². The van der Waals surface area contributed by atoms with Gasteiger partial charge in [0.1, 0.15) is 7.05 Å². The molecule has 3 aromatic heterocycles. The Balaban J connectivity index is 1.82. The minimum Gasteiger partial charge on any atom is -0.437 e. The van der Waals surface area contributed by atoms with Gasteiger partial charge in [0.15, 0.2) is 11.8 Å². The second-order valence-electron chi connectivity index (χ2n) is 8.93. The van der Waals surface area contributed by atoms with Crippen LogP contribution in [0.5, 0.6) is 0 Å². The largest absolute Gasteiger partial charge is 0.437 e. The highest BCUT2D eigenvalue weighted by Gasteiger charge is 2.24. The molecule has 0 saturated heterocycles. The molecule has 0 aliphatic rings. The van der Waals surface area contributed by atoms with E-state index in [0.29, 0.717) is 5.71 Å². The van der Waals surface area contributed by atoms with Crippen LogP contribution in [0, 0.1) is 6.92 Å². The first-order valence-electron chi connectivity index (χ1n) is 10.0. The number of pyridine rings is 2. The molecule has 0 spiro atoms. The predicted molar refractivity (Wildman–Crippen MR) is 119 cm³/mol. The summed E-state index contributed by atoms with van der Waals surface area (Å²) in [5.41, 5.74) is 7.45. The Morgan fingerprint density at radius 2 is 1.72 bits per heavy atom. The van der Waals surface area contributed by atoms with Gasteiger partial charge in [-0.05, 0) is 36.1 Å². The second kappa shape index (κ2) is 6.15. The molecular weight excluding hydrogens is 356 g/mol. The first-order chi connectivity index (χ1) is 13.8. The summed E-state index contributed by atoms with van der Waals surface area (Å²) in [4.78, 5) is 4.77. The average Bonchev–Trinajstić information content (AvgIpc) is 3.03. The molecule has 5 rings (SSSR count). The van der Waals surface area contributed by atoms with Crippen LogP contribution in [-0.4, -0.2) is 4.98 Å². The van der Waals surface area contributed by atoms with Gasteiger partial charge in [0.25, 0.3) is 0 Å². The van der Waals surface area contributed by atoms with Gasteiger partial charge in [-0.2, -0.15) is 0 Å². The summed E-state index contributed by atoms with van der Waals surface area (Å²) >= 11 is 0. The second-order valence-corrected chi connectivity index (χ2v) is 8.93. The number of aromatic nitrogens is 2. The van der Waals surface area contributed by atoms with Crippen molar-refractivity contribution in [3.05, 3.63) is 71.9 Å². The summed E-state index contributed by atoms with van der Waals surface area (Å²) in [6.07, 6.45) is 2.23. The van der Waals surface area contributed by atoms with Gasteiger partial charge in [-0.15, -0.1) is 0 Å². The molecule has 0 aliphatic heterocycles. The number of rotatable bonds is 1. The molecule has 0 saturated carbocycles. The van der Waals surface area contributed by atoms with E-state index in [1.165, 1.54) is 11.1 Å². The van der Waals surface area contributed by atoms with Crippen LogP contribution in [0.25, 0.3) is 44.2 Å². The predicted octanol–water partition coefficient (Wildman–Crippen LogP) is 6.23. The number of hydrogen-bond acceptors (Lipinski definition) is 2. The van der Waals surface area contributed by atoms with Gasteiger partial charge >= 0.3 is 0 Å². The van der Waals surface area contributed by atoms with E-state index in [2.05, 4.69) is 81.9 Å². The fourth-order valence-electron chi connectivity index (χ4n) is 4.09. The van der Waals surface area contributed by atoms with E-state index in [9.17, 15) is 0 Å². The summed E-state index contributed by atoms with van der Waals surface area (Å²) in [6.45, 7) is 8.86. The molecule has 0 unspecified atom stereocenters. The van der Waals surface area contributed by atoms with Crippen molar-refractivity contribution in [1.29, 1.82) is 0 Å². The van der Waals surface area contributed by atoms with Crippen LogP contribution in [0.2, 0.25) is 0 Å². The van der Waals surface area contributed by atoms with E-state index in [-0.39, 0.29) is 5.41 Å². The van der Waals surface area contributed by atoms with Crippen LogP contribution in [0.3, 0.4) is 0 Å². The lowest BCUT2D eigenvalue weighted by atomic mass is 9.88. The molecular formula is C26H25N2O+. The lowest BCUT2D eigenvalue weighted by molar-refractivity contribution is -0.661. The van der Waals surface area contributed by atoms with E-state index in [4.69, 9.17) is 9.40 Å². The minimum absolute atomic E-state index is 0.112. The Morgan fingerprint density at radius 1 is 0.931 bits per heavy atom. The number of aryl methyl sites for hydroxylation is 2. The standard InChI is InChI=1S/C26H25N2O/c1-16-10-12-19-20-14-17-8-6-7-9-21(17)27-25(20)29-24(19)23(16)22-13-11-18(15-28(22)5)26(2,3)4/h6-15H,1-5H3/q+1. The smallest absolute Gasteiger partial charge is 0.227 e. The van der Waals surface area contributed by atoms with E-state index < -0.39 is 0 Å². The van der Waals surface area contributed by atoms with Crippen molar-refractivity contribution in [2.45, 2.75) is 33.1 Å². The summed E-state index contributed by atoms with van der Waals surface area (Å²) in [6, 6.07) is 19.1. The summed E-state index contributed by atoms with van der Waals surface area (Å²) in [5.74, 6) is 0. The van der Waals surface area contributed by atoms with Crippen molar-refractivity contribution in [2.75, 3.05) is 0 Å². The van der Waals surface area contributed by atoms with Crippen molar-refractivity contribution >= 4 is 33.0 Å². The summed E-state index contributed by atoms with van der Waals surface area (Å²) in [7, 11) is 2.11. The van der Waals surface area contributed by atoms with Gasteiger partial charge in [0.2, 0.25) is 11.4 Å². The normalized spacial score (nSPS) is 12.3. The maximum absolute atomic E-state index is 6.35. The lowest BCUT2D eigenvalue weighted by Crippen LogP contribution is -2.33. The third-order valence-electron chi connectivity index (χ3n) is 5.80. The van der Waals surface area contributed by atoms with E-state index in [1.807, 2.05) is 18.2 Å². The monoisotopic (exact) mass is 381 g/mol. The Kier molecular flexibility index (Phi) is 3.79. The molecule has 3 heteroatoms. The number of para-hydroxylation sites is 1. The van der Waals surface area contributed by atoms with Crippen molar-refractivity contribution in [1.82, 2.24) is 4.98 Å². The van der Waals surface area contributed by atoms with E-state index in [0.717, 1.165) is 38.5 Å². The number of fused-ring (bicyclic) bond motifs is 4. The third-order valence-corrected chi connectivity index (χ3v) is 5.80. The Bertz CT molecular complexity index is 1400. The molecule has 0 aliphatic carbocycles. The van der Waals surface area contributed by atoms with Crippen molar-refractivity contribution in [3.8, 4) is 11.3 Å². The van der Waals surface area contributed by atoms with Gasteiger partial charge in [0, 0.05) is 27.8 Å². The fourth-order valence-corrected chi connectivity index (χ4v) is 4.09. The zero-order chi connectivity index (χ0) is 20.3. The Labute approximate surface area is 170 Å². The maximum atomic E-state index is 6.35. The Hall–Kier alpha value is -3.20. The van der Waals surface area contributed by atoms with Gasteiger partial charge in [-0.3, -0.25) is 0 Å². The molecule has 3 nitrogen and oxygen atoms in total. The number of nitrogens with zero attached hydrogens (tertiary/aromatic N) is 2. The molecule has 144 valence electrons. The van der Waals surface area contributed by atoms with E-state index >= 15 is 0 Å². The highest BCUT2D eigenvalue weighted by Crippen LogP contribution is 2.37. The number of furan rings is 1. The van der Waals surface area contributed by atoms with Gasteiger partial charge in [-0.1, -0.05) is 51.1 Å². The molecule has 2 aromatic carbocycles.